The summed E-state index contributed by atoms with van der Waals surface area (Å²) in [6.07, 6.45) is 4.49. The van der Waals surface area contributed by atoms with Gasteiger partial charge >= 0.3 is 0 Å². The maximum atomic E-state index is 12.8. The van der Waals surface area contributed by atoms with E-state index in [1.165, 1.54) is 12.8 Å². The third-order valence-electron chi connectivity index (χ3n) is 4.55. The molecule has 1 aromatic carbocycles. The standard InChI is InChI=1S/C16H23BrN2O2S/c1-12-2-5-15(17)16(10-12)22(20,21)19-8-6-14(7-9-19)18-11-13-3-4-13/h2,5,10,13-14,18H,3-4,6-9,11H2,1H3. The van der Waals surface area contributed by atoms with Crippen molar-refractivity contribution >= 4 is 26.0 Å². The highest BCUT2D eigenvalue weighted by Crippen LogP contribution is 2.30. The fraction of sp³-hybridized carbons (Fsp3) is 0.625. The zero-order valence-electron chi connectivity index (χ0n) is 12.9. The number of nitrogens with one attached hydrogen (secondary N) is 1. The van der Waals surface area contributed by atoms with Crippen LogP contribution in [-0.4, -0.2) is 38.4 Å². The minimum absolute atomic E-state index is 0.386. The minimum atomic E-state index is -3.40. The summed E-state index contributed by atoms with van der Waals surface area (Å²) in [4.78, 5) is 0.386. The van der Waals surface area contributed by atoms with E-state index in [1.54, 1.807) is 10.4 Å². The molecule has 0 atom stereocenters. The third kappa shape index (κ3) is 3.72. The molecule has 2 fully saturated rings. The van der Waals surface area contributed by atoms with Crippen LogP contribution < -0.4 is 5.32 Å². The second-order valence-corrected chi connectivity index (χ2v) is 9.22. The molecule has 1 saturated carbocycles. The Hall–Kier alpha value is -0.430. The van der Waals surface area contributed by atoms with Gasteiger partial charge in [-0.25, -0.2) is 8.42 Å². The Morgan fingerprint density at radius 1 is 1.23 bits per heavy atom. The molecule has 1 heterocycles. The van der Waals surface area contributed by atoms with Gasteiger partial charge in [-0.05, 0) is 78.7 Å². The molecule has 0 radical (unpaired) electrons. The highest BCUT2D eigenvalue weighted by molar-refractivity contribution is 9.10. The number of rotatable bonds is 5. The van der Waals surface area contributed by atoms with Crippen molar-refractivity contribution in [2.24, 2.45) is 5.92 Å². The maximum absolute atomic E-state index is 12.8. The molecule has 1 aliphatic heterocycles. The summed E-state index contributed by atoms with van der Waals surface area (Å²) in [6, 6.07) is 5.94. The highest BCUT2D eigenvalue weighted by atomic mass is 79.9. The van der Waals surface area contributed by atoms with Crippen LogP contribution in [0.5, 0.6) is 0 Å². The van der Waals surface area contributed by atoms with Gasteiger partial charge in [0.2, 0.25) is 10.0 Å². The summed E-state index contributed by atoms with van der Waals surface area (Å²) in [5.41, 5.74) is 0.961. The molecule has 3 rings (SSSR count). The van der Waals surface area contributed by atoms with Crippen molar-refractivity contribution in [1.82, 2.24) is 9.62 Å². The number of aryl methyl sites for hydroxylation is 1. The quantitative estimate of drug-likeness (QED) is 0.845. The number of nitrogens with zero attached hydrogens (tertiary/aromatic N) is 1. The predicted molar refractivity (Wildman–Crippen MR) is 91.4 cm³/mol. The van der Waals surface area contributed by atoms with Gasteiger partial charge in [-0.3, -0.25) is 0 Å². The van der Waals surface area contributed by atoms with Crippen LogP contribution in [-0.2, 0) is 10.0 Å². The SMILES string of the molecule is Cc1ccc(Br)c(S(=O)(=O)N2CCC(NCC3CC3)CC2)c1. The van der Waals surface area contributed by atoms with Crippen molar-refractivity contribution in [2.75, 3.05) is 19.6 Å². The molecule has 1 aromatic rings. The Morgan fingerprint density at radius 3 is 2.55 bits per heavy atom. The lowest BCUT2D eigenvalue weighted by Crippen LogP contribution is -2.45. The van der Waals surface area contributed by atoms with Gasteiger partial charge in [0.1, 0.15) is 0 Å². The highest BCUT2D eigenvalue weighted by Gasteiger charge is 2.31. The van der Waals surface area contributed by atoms with Crippen LogP contribution in [0.4, 0.5) is 0 Å². The van der Waals surface area contributed by atoms with Crippen LogP contribution >= 0.6 is 15.9 Å². The molecule has 1 saturated heterocycles. The van der Waals surface area contributed by atoms with Crippen LogP contribution in [0.3, 0.4) is 0 Å². The van der Waals surface area contributed by atoms with Gasteiger partial charge in [-0.2, -0.15) is 4.31 Å². The molecule has 0 unspecified atom stereocenters. The number of benzene rings is 1. The van der Waals surface area contributed by atoms with Gasteiger partial charge in [-0.1, -0.05) is 6.07 Å². The van der Waals surface area contributed by atoms with Crippen molar-refractivity contribution in [1.29, 1.82) is 0 Å². The predicted octanol–water partition coefficient (Wildman–Crippen LogP) is 2.91. The van der Waals surface area contributed by atoms with E-state index in [0.717, 1.165) is 30.9 Å². The van der Waals surface area contributed by atoms with Crippen LogP contribution in [0.15, 0.2) is 27.6 Å². The van der Waals surface area contributed by atoms with Gasteiger partial charge in [0.25, 0.3) is 0 Å². The van der Waals surface area contributed by atoms with Gasteiger partial charge in [0.05, 0.1) is 4.90 Å². The Bertz CT molecular complexity index is 636. The van der Waals surface area contributed by atoms with Crippen molar-refractivity contribution in [2.45, 2.75) is 43.5 Å². The zero-order valence-corrected chi connectivity index (χ0v) is 15.3. The lowest BCUT2D eigenvalue weighted by molar-refractivity contribution is 0.288. The first-order valence-corrected chi connectivity index (χ1v) is 10.2. The number of piperidine rings is 1. The summed E-state index contributed by atoms with van der Waals surface area (Å²) in [5, 5.41) is 3.59. The molecule has 22 heavy (non-hydrogen) atoms. The van der Waals surface area contributed by atoms with Crippen molar-refractivity contribution < 1.29 is 8.42 Å². The van der Waals surface area contributed by atoms with E-state index in [9.17, 15) is 8.42 Å². The monoisotopic (exact) mass is 386 g/mol. The van der Waals surface area contributed by atoms with Crippen molar-refractivity contribution in [3.8, 4) is 0 Å². The first-order chi connectivity index (χ1) is 10.5. The maximum Gasteiger partial charge on any atom is 0.244 e. The van der Waals surface area contributed by atoms with Gasteiger partial charge < -0.3 is 5.32 Å². The van der Waals surface area contributed by atoms with Crippen LogP contribution in [0.25, 0.3) is 0 Å². The summed E-state index contributed by atoms with van der Waals surface area (Å²) in [7, 11) is -3.40. The molecule has 6 heteroatoms. The molecule has 122 valence electrons. The summed E-state index contributed by atoms with van der Waals surface area (Å²) in [5.74, 6) is 0.866. The molecule has 0 aromatic heterocycles. The van der Waals surface area contributed by atoms with Crippen LogP contribution in [0.2, 0.25) is 0 Å². The molecule has 4 nitrogen and oxygen atoms in total. The summed E-state index contributed by atoms with van der Waals surface area (Å²) >= 11 is 3.37. The Labute approximate surface area is 141 Å². The van der Waals surface area contributed by atoms with Gasteiger partial charge in [0.15, 0.2) is 0 Å². The topological polar surface area (TPSA) is 49.4 Å². The average Bonchev–Trinajstić information content (AvgIpc) is 3.32. The Balaban J connectivity index is 1.64. The zero-order chi connectivity index (χ0) is 15.7. The van der Waals surface area contributed by atoms with E-state index in [-0.39, 0.29) is 0 Å². The molecular formula is C16H23BrN2O2S. The lowest BCUT2D eigenvalue weighted by atomic mass is 10.1. The minimum Gasteiger partial charge on any atom is -0.314 e. The second-order valence-electron chi connectivity index (χ2n) is 6.46. The van der Waals surface area contributed by atoms with E-state index < -0.39 is 10.0 Å². The molecule has 0 amide bonds. The van der Waals surface area contributed by atoms with E-state index in [2.05, 4.69) is 21.2 Å². The number of halogens is 1. The summed E-state index contributed by atoms with van der Waals surface area (Å²) in [6.45, 7) is 4.22. The molecule has 2 aliphatic rings. The smallest absolute Gasteiger partial charge is 0.244 e. The first kappa shape index (κ1) is 16.4. The van der Waals surface area contributed by atoms with E-state index >= 15 is 0 Å². The Kier molecular flexibility index (Phi) is 4.92. The second kappa shape index (κ2) is 6.59. The van der Waals surface area contributed by atoms with E-state index in [0.29, 0.717) is 28.5 Å². The summed E-state index contributed by atoms with van der Waals surface area (Å²) < 4.78 is 27.9. The van der Waals surface area contributed by atoms with E-state index in [1.807, 2.05) is 19.1 Å². The largest absolute Gasteiger partial charge is 0.314 e. The van der Waals surface area contributed by atoms with Crippen LogP contribution in [0.1, 0.15) is 31.2 Å². The number of hydrogen-bond acceptors (Lipinski definition) is 3. The number of hydrogen-bond donors (Lipinski definition) is 1. The number of sulfonamides is 1. The molecular weight excluding hydrogens is 364 g/mol. The lowest BCUT2D eigenvalue weighted by Gasteiger charge is -2.32. The normalized spacial score (nSPS) is 21.2. The van der Waals surface area contributed by atoms with Crippen molar-refractivity contribution in [3.05, 3.63) is 28.2 Å². The van der Waals surface area contributed by atoms with Crippen molar-refractivity contribution in [3.63, 3.8) is 0 Å². The molecule has 1 aliphatic carbocycles. The fourth-order valence-electron chi connectivity index (χ4n) is 2.90. The molecule has 0 spiro atoms. The van der Waals surface area contributed by atoms with Gasteiger partial charge in [-0.15, -0.1) is 0 Å². The fourth-order valence-corrected chi connectivity index (χ4v) is 5.38. The van der Waals surface area contributed by atoms with Crippen LogP contribution in [0, 0.1) is 12.8 Å². The first-order valence-electron chi connectivity index (χ1n) is 7.96. The average molecular weight is 387 g/mol. The van der Waals surface area contributed by atoms with Gasteiger partial charge in [0, 0.05) is 23.6 Å². The molecule has 0 bridgehead atoms. The Morgan fingerprint density at radius 2 is 1.91 bits per heavy atom. The third-order valence-corrected chi connectivity index (χ3v) is 7.44. The molecule has 1 N–H and O–H groups in total. The van der Waals surface area contributed by atoms with E-state index in [4.69, 9.17) is 0 Å².